The second-order valence-corrected chi connectivity index (χ2v) is 3.05. The minimum atomic E-state index is -0.165. The SMILES string of the molecule is CCOc1c(C#N)cc(N)cc1C(C)=O. The predicted molar refractivity (Wildman–Crippen MR) is 56.7 cm³/mol. The molecule has 1 aromatic carbocycles. The van der Waals surface area contributed by atoms with Crippen LogP contribution >= 0.6 is 0 Å². The Morgan fingerprint density at radius 3 is 2.73 bits per heavy atom. The Morgan fingerprint density at radius 1 is 1.60 bits per heavy atom. The van der Waals surface area contributed by atoms with E-state index in [9.17, 15) is 4.79 Å². The highest BCUT2D eigenvalue weighted by Gasteiger charge is 2.14. The summed E-state index contributed by atoms with van der Waals surface area (Å²) in [6.07, 6.45) is 0. The number of nitrogens with zero attached hydrogens (tertiary/aromatic N) is 1. The van der Waals surface area contributed by atoms with Crippen molar-refractivity contribution in [2.24, 2.45) is 0 Å². The fraction of sp³-hybridized carbons (Fsp3) is 0.273. The van der Waals surface area contributed by atoms with Crippen molar-refractivity contribution in [2.75, 3.05) is 12.3 Å². The maximum atomic E-state index is 11.3. The molecule has 15 heavy (non-hydrogen) atoms. The molecule has 0 aliphatic carbocycles. The number of nitriles is 1. The molecule has 0 heterocycles. The monoisotopic (exact) mass is 204 g/mol. The lowest BCUT2D eigenvalue weighted by Crippen LogP contribution is -2.04. The quantitative estimate of drug-likeness (QED) is 0.601. The highest BCUT2D eigenvalue weighted by molar-refractivity contribution is 5.98. The lowest BCUT2D eigenvalue weighted by Gasteiger charge is -2.10. The van der Waals surface area contributed by atoms with Gasteiger partial charge in [-0.3, -0.25) is 4.79 Å². The van der Waals surface area contributed by atoms with Crippen LogP contribution in [0.3, 0.4) is 0 Å². The van der Waals surface area contributed by atoms with E-state index in [1.54, 1.807) is 6.92 Å². The van der Waals surface area contributed by atoms with Gasteiger partial charge < -0.3 is 10.5 Å². The standard InChI is InChI=1S/C11H12N2O2/c1-3-15-11-8(6-12)4-9(13)5-10(11)7(2)14/h4-5H,3,13H2,1-2H3. The fourth-order valence-electron chi connectivity index (χ4n) is 1.30. The van der Waals surface area contributed by atoms with Gasteiger partial charge in [0.1, 0.15) is 11.8 Å². The zero-order valence-electron chi connectivity index (χ0n) is 8.70. The largest absolute Gasteiger partial charge is 0.492 e. The number of carbonyl (C=O) groups is 1. The summed E-state index contributed by atoms with van der Waals surface area (Å²) >= 11 is 0. The van der Waals surface area contributed by atoms with Crippen LogP contribution < -0.4 is 10.5 Å². The Balaban J connectivity index is 3.41. The summed E-state index contributed by atoms with van der Waals surface area (Å²) in [7, 11) is 0. The first kappa shape index (κ1) is 11.1. The third-order valence-corrected chi connectivity index (χ3v) is 1.90. The average Bonchev–Trinajstić information content (AvgIpc) is 2.19. The molecule has 0 saturated carbocycles. The molecule has 0 amide bonds. The molecular weight excluding hydrogens is 192 g/mol. The number of benzene rings is 1. The molecule has 0 radical (unpaired) electrons. The molecule has 0 aromatic heterocycles. The first-order valence-corrected chi connectivity index (χ1v) is 4.57. The number of hydrogen-bond acceptors (Lipinski definition) is 4. The van der Waals surface area contributed by atoms with E-state index in [0.717, 1.165) is 0 Å². The van der Waals surface area contributed by atoms with Gasteiger partial charge in [0.25, 0.3) is 0 Å². The first-order chi connectivity index (χ1) is 7.10. The molecule has 1 aromatic rings. The number of rotatable bonds is 3. The summed E-state index contributed by atoms with van der Waals surface area (Å²) < 4.78 is 5.28. The van der Waals surface area contributed by atoms with Crippen LogP contribution in [-0.4, -0.2) is 12.4 Å². The van der Waals surface area contributed by atoms with Crippen molar-refractivity contribution in [3.05, 3.63) is 23.3 Å². The summed E-state index contributed by atoms with van der Waals surface area (Å²) in [5, 5.41) is 8.88. The van der Waals surface area contributed by atoms with Gasteiger partial charge in [0.15, 0.2) is 5.78 Å². The molecular formula is C11H12N2O2. The van der Waals surface area contributed by atoms with Gasteiger partial charge in [-0.1, -0.05) is 0 Å². The Bertz CT molecular complexity index is 433. The van der Waals surface area contributed by atoms with Gasteiger partial charge in [-0.2, -0.15) is 5.26 Å². The number of anilines is 1. The number of hydrogen-bond donors (Lipinski definition) is 1. The van der Waals surface area contributed by atoms with Crippen LogP contribution in [0.1, 0.15) is 29.8 Å². The summed E-state index contributed by atoms with van der Waals surface area (Å²) in [4.78, 5) is 11.3. The molecule has 1 rings (SSSR count). The van der Waals surface area contributed by atoms with Crippen molar-refractivity contribution < 1.29 is 9.53 Å². The van der Waals surface area contributed by atoms with E-state index in [1.807, 2.05) is 6.07 Å². The fourth-order valence-corrected chi connectivity index (χ4v) is 1.30. The van der Waals surface area contributed by atoms with E-state index in [0.29, 0.717) is 29.2 Å². The normalized spacial score (nSPS) is 9.40. The molecule has 0 spiro atoms. The number of Topliss-reactive ketones (excluding diaryl/α,β-unsaturated/α-hetero) is 1. The van der Waals surface area contributed by atoms with Crippen LogP contribution in [0.2, 0.25) is 0 Å². The molecule has 0 fully saturated rings. The Kier molecular flexibility index (Phi) is 3.29. The molecule has 0 aliphatic rings. The zero-order chi connectivity index (χ0) is 11.4. The van der Waals surface area contributed by atoms with Crippen molar-refractivity contribution in [2.45, 2.75) is 13.8 Å². The van der Waals surface area contributed by atoms with Crippen LogP contribution in [0, 0.1) is 11.3 Å². The predicted octanol–water partition coefficient (Wildman–Crippen LogP) is 1.74. The highest BCUT2D eigenvalue weighted by Crippen LogP contribution is 2.27. The molecule has 2 N–H and O–H groups in total. The van der Waals surface area contributed by atoms with Gasteiger partial charge in [0.05, 0.1) is 17.7 Å². The lowest BCUT2D eigenvalue weighted by atomic mass is 10.1. The topological polar surface area (TPSA) is 76.1 Å². The lowest BCUT2D eigenvalue weighted by molar-refractivity contribution is 0.101. The third-order valence-electron chi connectivity index (χ3n) is 1.90. The smallest absolute Gasteiger partial charge is 0.163 e. The molecule has 0 atom stereocenters. The van der Waals surface area contributed by atoms with E-state index in [4.69, 9.17) is 15.7 Å². The van der Waals surface area contributed by atoms with Crippen LogP contribution in [0.15, 0.2) is 12.1 Å². The van der Waals surface area contributed by atoms with Gasteiger partial charge in [-0.25, -0.2) is 0 Å². The third kappa shape index (κ3) is 2.26. The number of nitrogens with two attached hydrogens (primary N) is 1. The number of carbonyl (C=O) groups excluding carboxylic acids is 1. The summed E-state index contributed by atoms with van der Waals surface area (Å²) in [5.41, 5.74) is 6.62. The summed E-state index contributed by atoms with van der Waals surface area (Å²) in [6, 6.07) is 4.98. The summed E-state index contributed by atoms with van der Waals surface area (Å²) in [5.74, 6) is 0.156. The van der Waals surface area contributed by atoms with Crippen molar-refractivity contribution in [3.63, 3.8) is 0 Å². The van der Waals surface area contributed by atoms with Crippen molar-refractivity contribution in [1.82, 2.24) is 0 Å². The van der Waals surface area contributed by atoms with Gasteiger partial charge in [0.2, 0.25) is 0 Å². The maximum absolute atomic E-state index is 11.3. The van der Waals surface area contributed by atoms with Gasteiger partial charge in [-0.15, -0.1) is 0 Å². The first-order valence-electron chi connectivity index (χ1n) is 4.57. The number of ether oxygens (including phenoxy) is 1. The van der Waals surface area contributed by atoms with Crippen LogP contribution in [-0.2, 0) is 0 Å². The Labute approximate surface area is 88.3 Å². The van der Waals surface area contributed by atoms with Crippen molar-refractivity contribution >= 4 is 11.5 Å². The molecule has 0 saturated heterocycles. The zero-order valence-corrected chi connectivity index (χ0v) is 8.70. The van der Waals surface area contributed by atoms with Crippen LogP contribution in [0.25, 0.3) is 0 Å². The molecule has 0 bridgehead atoms. The van der Waals surface area contributed by atoms with Crippen molar-refractivity contribution in [3.8, 4) is 11.8 Å². The second-order valence-electron chi connectivity index (χ2n) is 3.05. The second kappa shape index (κ2) is 4.47. The van der Waals surface area contributed by atoms with E-state index in [-0.39, 0.29) is 5.78 Å². The minimum Gasteiger partial charge on any atom is -0.492 e. The maximum Gasteiger partial charge on any atom is 0.163 e. The van der Waals surface area contributed by atoms with E-state index in [1.165, 1.54) is 19.1 Å². The molecule has 78 valence electrons. The van der Waals surface area contributed by atoms with Crippen LogP contribution in [0.4, 0.5) is 5.69 Å². The van der Waals surface area contributed by atoms with Gasteiger partial charge >= 0.3 is 0 Å². The number of ketones is 1. The van der Waals surface area contributed by atoms with E-state index in [2.05, 4.69) is 0 Å². The molecule has 4 nitrogen and oxygen atoms in total. The highest BCUT2D eigenvalue weighted by atomic mass is 16.5. The van der Waals surface area contributed by atoms with Crippen molar-refractivity contribution in [1.29, 1.82) is 5.26 Å². The van der Waals surface area contributed by atoms with E-state index < -0.39 is 0 Å². The molecule has 4 heteroatoms. The van der Waals surface area contributed by atoms with E-state index >= 15 is 0 Å². The van der Waals surface area contributed by atoms with Gasteiger partial charge in [-0.05, 0) is 26.0 Å². The van der Waals surface area contributed by atoms with Gasteiger partial charge in [0, 0.05) is 5.69 Å². The number of nitrogen functional groups attached to an aromatic ring is 1. The summed E-state index contributed by atoms with van der Waals surface area (Å²) in [6.45, 7) is 3.61. The Morgan fingerprint density at radius 2 is 2.27 bits per heavy atom. The average molecular weight is 204 g/mol. The minimum absolute atomic E-state index is 0.165. The van der Waals surface area contributed by atoms with Crippen LogP contribution in [0.5, 0.6) is 5.75 Å². The Hall–Kier alpha value is -2.02. The molecule has 0 aliphatic heterocycles. The molecule has 0 unspecified atom stereocenters.